The topological polar surface area (TPSA) is 20.2 Å². The van der Waals surface area contributed by atoms with Crippen LogP contribution in [0.4, 0.5) is 0 Å². The zero-order valence-corrected chi connectivity index (χ0v) is 7.17. The molecule has 0 heterocycles. The normalized spacial score (nSPS) is 13.0. The molecule has 0 spiro atoms. The lowest BCUT2D eigenvalue weighted by molar-refractivity contribution is 0.273. The van der Waals surface area contributed by atoms with E-state index in [9.17, 15) is 0 Å². The molecule has 0 unspecified atom stereocenters. The van der Waals surface area contributed by atoms with Crippen LogP contribution in [0, 0.1) is 0 Å². The largest absolute Gasteiger partial charge is 0.396 e. The van der Waals surface area contributed by atoms with Crippen LogP contribution in [0.2, 0.25) is 5.02 Å². The van der Waals surface area contributed by atoms with Crippen molar-refractivity contribution in [2.45, 2.75) is 12.8 Å². The molecule has 0 aliphatic heterocycles. The van der Waals surface area contributed by atoms with Crippen molar-refractivity contribution in [2.24, 2.45) is 0 Å². The Bertz CT molecular complexity index is 235. The Morgan fingerprint density at radius 2 is 2.09 bits per heavy atom. The molecule has 0 bridgehead atoms. The molecule has 1 aromatic carbocycles. The maximum absolute atomic E-state index is 8.85. The van der Waals surface area contributed by atoms with E-state index in [4.69, 9.17) is 16.7 Å². The van der Waals surface area contributed by atoms with Crippen LogP contribution in [0.25, 0.3) is 0 Å². The van der Waals surface area contributed by atoms with Gasteiger partial charge in [0, 0.05) is 17.5 Å². The number of halogens is 1. The minimum atomic E-state index is 0.128. The van der Waals surface area contributed by atoms with Crippen molar-refractivity contribution in [2.75, 3.05) is 6.61 Å². The zero-order valence-electron chi connectivity index (χ0n) is 6.42. The van der Waals surface area contributed by atoms with E-state index in [-0.39, 0.29) is 12.5 Å². The molecule has 0 aliphatic rings. The van der Waals surface area contributed by atoms with E-state index < -0.39 is 0 Å². The van der Waals surface area contributed by atoms with Gasteiger partial charge in [0.05, 0.1) is 0 Å². The SMILES string of the molecule is C[C@H](CO)c1ccccc1Cl. The summed E-state index contributed by atoms with van der Waals surface area (Å²) in [7, 11) is 0. The van der Waals surface area contributed by atoms with Crippen LogP contribution in [0.3, 0.4) is 0 Å². The number of hydrogen-bond acceptors (Lipinski definition) is 1. The molecule has 0 aliphatic carbocycles. The van der Waals surface area contributed by atoms with Crippen LogP contribution in [0.15, 0.2) is 24.3 Å². The Balaban J connectivity index is 2.93. The van der Waals surface area contributed by atoms with Crippen LogP contribution >= 0.6 is 11.6 Å². The first-order valence-electron chi connectivity index (χ1n) is 3.61. The highest BCUT2D eigenvalue weighted by Gasteiger charge is 2.06. The van der Waals surface area contributed by atoms with Crippen molar-refractivity contribution in [1.29, 1.82) is 0 Å². The van der Waals surface area contributed by atoms with Crippen molar-refractivity contribution < 1.29 is 5.11 Å². The first-order chi connectivity index (χ1) is 5.25. The molecule has 0 fully saturated rings. The standard InChI is InChI=1S/C9H11ClO/c1-7(6-11)8-4-2-3-5-9(8)10/h2-5,7,11H,6H2,1H3/t7-/m1/s1. The molecule has 1 nitrogen and oxygen atoms in total. The Hall–Kier alpha value is -0.530. The number of rotatable bonds is 2. The zero-order chi connectivity index (χ0) is 8.27. The highest BCUT2D eigenvalue weighted by molar-refractivity contribution is 6.31. The fourth-order valence-corrected chi connectivity index (χ4v) is 1.30. The summed E-state index contributed by atoms with van der Waals surface area (Å²) in [4.78, 5) is 0. The molecule has 2 heteroatoms. The van der Waals surface area contributed by atoms with Crippen molar-refractivity contribution in [3.63, 3.8) is 0 Å². The maximum atomic E-state index is 8.85. The van der Waals surface area contributed by atoms with E-state index in [1.54, 1.807) is 0 Å². The van der Waals surface area contributed by atoms with E-state index in [0.717, 1.165) is 10.6 Å². The van der Waals surface area contributed by atoms with Crippen molar-refractivity contribution in [3.05, 3.63) is 34.9 Å². The van der Waals surface area contributed by atoms with Gasteiger partial charge in [-0.05, 0) is 11.6 Å². The van der Waals surface area contributed by atoms with E-state index in [1.807, 2.05) is 31.2 Å². The highest BCUT2D eigenvalue weighted by atomic mass is 35.5. The average Bonchev–Trinajstić information content (AvgIpc) is 2.04. The van der Waals surface area contributed by atoms with Crippen molar-refractivity contribution in [1.82, 2.24) is 0 Å². The quantitative estimate of drug-likeness (QED) is 0.723. The second-order valence-electron chi connectivity index (χ2n) is 2.61. The molecule has 60 valence electrons. The molecule has 1 N–H and O–H groups in total. The molecule has 1 atom stereocenters. The smallest absolute Gasteiger partial charge is 0.0497 e. The fourth-order valence-electron chi connectivity index (χ4n) is 0.973. The fraction of sp³-hybridized carbons (Fsp3) is 0.333. The highest BCUT2D eigenvalue weighted by Crippen LogP contribution is 2.22. The van der Waals surface area contributed by atoms with Gasteiger partial charge in [-0.1, -0.05) is 36.7 Å². The van der Waals surface area contributed by atoms with Crippen LogP contribution in [-0.4, -0.2) is 11.7 Å². The van der Waals surface area contributed by atoms with Crippen molar-refractivity contribution >= 4 is 11.6 Å². The third kappa shape index (κ3) is 1.95. The molecule has 0 radical (unpaired) electrons. The van der Waals surface area contributed by atoms with Crippen LogP contribution < -0.4 is 0 Å². The van der Waals surface area contributed by atoms with Gasteiger partial charge >= 0.3 is 0 Å². The van der Waals surface area contributed by atoms with Gasteiger partial charge in [0.2, 0.25) is 0 Å². The number of aliphatic hydroxyl groups excluding tert-OH is 1. The van der Waals surface area contributed by atoms with Crippen LogP contribution in [0.1, 0.15) is 18.4 Å². The third-order valence-corrected chi connectivity index (χ3v) is 2.05. The predicted molar refractivity (Wildman–Crippen MR) is 47.0 cm³/mol. The maximum Gasteiger partial charge on any atom is 0.0497 e. The lowest BCUT2D eigenvalue weighted by Crippen LogP contribution is -1.98. The minimum Gasteiger partial charge on any atom is -0.396 e. The van der Waals surface area contributed by atoms with E-state index in [1.165, 1.54) is 0 Å². The summed E-state index contributed by atoms with van der Waals surface area (Å²) in [6.45, 7) is 2.09. The Morgan fingerprint density at radius 1 is 1.45 bits per heavy atom. The molecule has 0 aromatic heterocycles. The molecule has 0 saturated carbocycles. The molecule has 0 saturated heterocycles. The monoisotopic (exact) mass is 170 g/mol. The lowest BCUT2D eigenvalue weighted by Gasteiger charge is -2.08. The van der Waals surface area contributed by atoms with Gasteiger partial charge in [-0.25, -0.2) is 0 Å². The van der Waals surface area contributed by atoms with E-state index in [0.29, 0.717) is 0 Å². The Labute approximate surface area is 71.6 Å². The lowest BCUT2D eigenvalue weighted by atomic mass is 10.0. The summed E-state index contributed by atoms with van der Waals surface area (Å²) in [6.07, 6.45) is 0. The number of hydrogen-bond donors (Lipinski definition) is 1. The van der Waals surface area contributed by atoms with Crippen molar-refractivity contribution in [3.8, 4) is 0 Å². The summed E-state index contributed by atoms with van der Waals surface area (Å²) in [5.74, 6) is 0.128. The molecule has 1 rings (SSSR count). The number of benzene rings is 1. The molecular formula is C9H11ClO. The summed E-state index contributed by atoms with van der Waals surface area (Å²) in [5, 5.41) is 9.58. The summed E-state index contributed by atoms with van der Waals surface area (Å²) in [5.41, 5.74) is 1.01. The van der Waals surface area contributed by atoms with Gasteiger partial charge < -0.3 is 5.11 Å². The van der Waals surface area contributed by atoms with Crippen LogP contribution in [-0.2, 0) is 0 Å². The summed E-state index contributed by atoms with van der Waals surface area (Å²) in [6, 6.07) is 7.58. The first-order valence-corrected chi connectivity index (χ1v) is 3.98. The summed E-state index contributed by atoms with van der Waals surface area (Å²) >= 11 is 5.89. The van der Waals surface area contributed by atoms with Gasteiger partial charge in [-0.15, -0.1) is 0 Å². The summed E-state index contributed by atoms with van der Waals surface area (Å²) < 4.78 is 0. The van der Waals surface area contributed by atoms with E-state index >= 15 is 0 Å². The predicted octanol–water partition coefficient (Wildman–Crippen LogP) is 2.44. The van der Waals surface area contributed by atoms with Crippen LogP contribution in [0.5, 0.6) is 0 Å². The molecule has 11 heavy (non-hydrogen) atoms. The van der Waals surface area contributed by atoms with Gasteiger partial charge in [-0.2, -0.15) is 0 Å². The van der Waals surface area contributed by atoms with Gasteiger partial charge in [0.1, 0.15) is 0 Å². The Morgan fingerprint density at radius 3 is 2.64 bits per heavy atom. The molecular weight excluding hydrogens is 160 g/mol. The van der Waals surface area contributed by atoms with Gasteiger partial charge in [-0.3, -0.25) is 0 Å². The second-order valence-corrected chi connectivity index (χ2v) is 3.01. The second kappa shape index (κ2) is 3.74. The minimum absolute atomic E-state index is 0.128. The van der Waals surface area contributed by atoms with Gasteiger partial charge in [0.25, 0.3) is 0 Å². The first kappa shape index (κ1) is 8.57. The Kier molecular flexibility index (Phi) is 2.92. The number of aliphatic hydroxyl groups is 1. The van der Waals surface area contributed by atoms with E-state index in [2.05, 4.69) is 0 Å². The molecule has 0 amide bonds. The van der Waals surface area contributed by atoms with Gasteiger partial charge in [0.15, 0.2) is 0 Å². The average molecular weight is 171 g/mol. The third-order valence-electron chi connectivity index (χ3n) is 1.71. The molecule has 1 aromatic rings.